The lowest BCUT2D eigenvalue weighted by Gasteiger charge is -2.08. The van der Waals surface area contributed by atoms with E-state index >= 15 is 0 Å². The van der Waals surface area contributed by atoms with Crippen molar-refractivity contribution in [1.82, 2.24) is 10.3 Å². The number of carbonyl (C=O) groups excluding carboxylic acids is 1. The molecule has 3 rings (SSSR count). The van der Waals surface area contributed by atoms with Crippen molar-refractivity contribution in [3.05, 3.63) is 46.4 Å². The molecule has 0 radical (unpaired) electrons. The summed E-state index contributed by atoms with van der Waals surface area (Å²) in [5.41, 5.74) is 1.17. The van der Waals surface area contributed by atoms with Crippen LogP contribution in [0.3, 0.4) is 0 Å². The van der Waals surface area contributed by atoms with Gasteiger partial charge >= 0.3 is 0 Å². The molecule has 0 spiro atoms. The fraction of sp³-hybridized carbons (Fsp3) is 0.0625. The number of amides is 1. The minimum absolute atomic E-state index is 0.139. The first-order chi connectivity index (χ1) is 12.0. The Labute approximate surface area is 161 Å². The number of halogens is 1. The summed E-state index contributed by atoms with van der Waals surface area (Å²) in [6.07, 6.45) is 0. The summed E-state index contributed by atoms with van der Waals surface area (Å²) >= 11 is 9.83. The lowest BCUT2D eigenvalue weighted by Crippen LogP contribution is -2.34. The van der Waals surface area contributed by atoms with E-state index in [0.717, 1.165) is 10.2 Å². The normalized spacial score (nSPS) is 10.5. The van der Waals surface area contributed by atoms with E-state index in [4.69, 9.17) is 17.0 Å². The largest absolute Gasteiger partial charge is 0.508 e. The molecule has 2 aromatic carbocycles. The molecule has 9 heteroatoms. The minimum atomic E-state index is -0.348. The van der Waals surface area contributed by atoms with E-state index in [2.05, 4.69) is 31.5 Å². The molecule has 0 saturated heterocycles. The smallest absolute Gasteiger partial charge is 0.257 e. The van der Waals surface area contributed by atoms with Gasteiger partial charge < -0.3 is 15.2 Å². The fourth-order valence-electron chi connectivity index (χ4n) is 2.08. The number of aromatic nitrogens is 1. The SMILES string of the molecule is COc1ccc(C(=O)NC(=S)Nc2nc3ccc(O)cc3s2)cc1Br. The van der Waals surface area contributed by atoms with Crippen LogP contribution in [0.15, 0.2) is 40.9 Å². The van der Waals surface area contributed by atoms with Gasteiger partial charge in [-0.3, -0.25) is 10.1 Å². The number of benzene rings is 2. The van der Waals surface area contributed by atoms with E-state index in [1.807, 2.05) is 0 Å². The second-order valence-corrected chi connectivity index (χ2v) is 7.22. The molecule has 128 valence electrons. The summed E-state index contributed by atoms with van der Waals surface area (Å²) in [4.78, 5) is 16.6. The Balaban J connectivity index is 1.68. The molecule has 1 heterocycles. The number of hydrogen-bond acceptors (Lipinski definition) is 6. The first-order valence-corrected chi connectivity index (χ1v) is 9.03. The number of nitrogens with one attached hydrogen (secondary N) is 2. The summed E-state index contributed by atoms with van der Waals surface area (Å²) in [5, 5.41) is 15.6. The highest BCUT2D eigenvalue weighted by atomic mass is 79.9. The first-order valence-electron chi connectivity index (χ1n) is 7.01. The van der Waals surface area contributed by atoms with E-state index in [0.29, 0.717) is 20.9 Å². The molecule has 1 aromatic heterocycles. The quantitative estimate of drug-likeness (QED) is 0.538. The lowest BCUT2D eigenvalue weighted by molar-refractivity contribution is 0.0977. The molecule has 0 fully saturated rings. The van der Waals surface area contributed by atoms with E-state index in [1.54, 1.807) is 43.5 Å². The average Bonchev–Trinajstić information content (AvgIpc) is 2.95. The summed E-state index contributed by atoms with van der Waals surface area (Å²) < 4.78 is 6.62. The number of methoxy groups -OCH3 is 1. The van der Waals surface area contributed by atoms with Crippen molar-refractivity contribution in [2.45, 2.75) is 0 Å². The number of phenols is 1. The maximum Gasteiger partial charge on any atom is 0.257 e. The highest BCUT2D eigenvalue weighted by molar-refractivity contribution is 9.10. The van der Waals surface area contributed by atoms with Crippen molar-refractivity contribution in [1.29, 1.82) is 0 Å². The van der Waals surface area contributed by atoms with E-state index in [9.17, 15) is 9.90 Å². The first kappa shape index (κ1) is 17.6. The third-order valence-electron chi connectivity index (χ3n) is 3.23. The van der Waals surface area contributed by atoms with Gasteiger partial charge in [0.25, 0.3) is 5.91 Å². The Morgan fingerprint density at radius 2 is 2.12 bits per heavy atom. The number of rotatable bonds is 3. The molecule has 3 N–H and O–H groups in total. The van der Waals surface area contributed by atoms with E-state index in [1.165, 1.54) is 11.3 Å². The second-order valence-electron chi connectivity index (χ2n) is 4.93. The van der Waals surface area contributed by atoms with Gasteiger partial charge in [0.1, 0.15) is 11.5 Å². The van der Waals surface area contributed by atoms with Crippen molar-refractivity contribution in [3.63, 3.8) is 0 Å². The topological polar surface area (TPSA) is 83.5 Å². The predicted octanol–water partition coefficient (Wildman–Crippen LogP) is 3.90. The number of hydrogen-bond donors (Lipinski definition) is 3. The Kier molecular flexibility index (Phi) is 5.16. The molecule has 1 amide bonds. The lowest BCUT2D eigenvalue weighted by atomic mass is 10.2. The van der Waals surface area contributed by atoms with Crippen LogP contribution in [0.1, 0.15) is 10.4 Å². The number of anilines is 1. The van der Waals surface area contributed by atoms with Crippen molar-refractivity contribution in [2.24, 2.45) is 0 Å². The molecule has 25 heavy (non-hydrogen) atoms. The molecule has 0 bridgehead atoms. The number of phenolic OH excluding ortho intramolecular Hbond substituents is 1. The highest BCUT2D eigenvalue weighted by Gasteiger charge is 2.12. The van der Waals surface area contributed by atoms with Gasteiger partial charge in [-0.1, -0.05) is 11.3 Å². The van der Waals surface area contributed by atoms with E-state index in [-0.39, 0.29) is 16.8 Å². The highest BCUT2D eigenvalue weighted by Crippen LogP contribution is 2.29. The van der Waals surface area contributed by atoms with Crippen molar-refractivity contribution < 1.29 is 14.6 Å². The third-order valence-corrected chi connectivity index (χ3v) is 4.99. The number of ether oxygens (including phenoxy) is 1. The molecule has 0 aliphatic heterocycles. The molecule has 0 saturated carbocycles. The van der Waals surface area contributed by atoms with Gasteiger partial charge in [0, 0.05) is 5.56 Å². The summed E-state index contributed by atoms with van der Waals surface area (Å²) in [6.45, 7) is 0. The van der Waals surface area contributed by atoms with Crippen LogP contribution in [0.5, 0.6) is 11.5 Å². The molecule has 0 aliphatic carbocycles. The molecular formula is C16H12BrN3O3S2. The number of aromatic hydroxyl groups is 1. The predicted molar refractivity (Wildman–Crippen MR) is 106 cm³/mol. The van der Waals surface area contributed by atoms with Gasteiger partial charge in [0.05, 0.1) is 21.8 Å². The van der Waals surface area contributed by atoms with Gasteiger partial charge in [-0.25, -0.2) is 4.98 Å². The maximum atomic E-state index is 12.3. The van der Waals surface area contributed by atoms with Crippen LogP contribution in [0.25, 0.3) is 10.2 Å². The van der Waals surface area contributed by atoms with Crippen LogP contribution in [0.4, 0.5) is 5.13 Å². The number of carbonyl (C=O) groups is 1. The third kappa shape index (κ3) is 4.06. The fourth-order valence-corrected chi connectivity index (χ4v) is 3.78. The van der Waals surface area contributed by atoms with Crippen LogP contribution in [-0.2, 0) is 0 Å². The Hall–Kier alpha value is -2.23. The van der Waals surface area contributed by atoms with Gasteiger partial charge in [-0.15, -0.1) is 0 Å². The average molecular weight is 438 g/mol. The van der Waals surface area contributed by atoms with Crippen LogP contribution in [0.2, 0.25) is 0 Å². The zero-order valence-electron chi connectivity index (χ0n) is 12.9. The molecule has 6 nitrogen and oxygen atoms in total. The minimum Gasteiger partial charge on any atom is -0.508 e. The Morgan fingerprint density at radius 3 is 2.84 bits per heavy atom. The monoisotopic (exact) mass is 437 g/mol. The summed E-state index contributed by atoms with van der Waals surface area (Å²) in [5.74, 6) is 0.457. The number of nitrogens with zero attached hydrogens (tertiary/aromatic N) is 1. The van der Waals surface area contributed by atoms with Crippen molar-refractivity contribution >= 4 is 65.9 Å². The molecular weight excluding hydrogens is 426 g/mol. The molecule has 0 unspecified atom stereocenters. The van der Waals surface area contributed by atoms with Crippen molar-refractivity contribution in [3.8, 4) is 11.5 Å². The summed E-state index contributed by atoms with van der Waals surface area (Å²) in [6, 6.07) is 9.87. The Bertz CT molecular complexity index is 974. The summed E-state index contributed by atoms with van der Waals surface area (Å²) in [7, 11) is 1.55. The molecule has 0 aliphatic rings. The van der Waals surface area contributed by atoms with Gasteiger partial charge in [0.2, 0.25) is 0 Å². The number of fused-ring (bicyclic) bond motifs is 1. The Morgan fingerprint density at radius 1 is 1.32 bits per heavy atom. The van der Waals surface area contributed by atoms with Crippen LogP contribution < -0.4 is 15.4 Å². The molecule has 3 aromatic rings. The van der Waals surface area contributed by atoms with Crippen LogP contribution in [0, 0.1) is 0 Å². The standard InChI is InChI=1S/C16H12BrN3O3S2/c1-23-12-5-2-8(6-10(12)17)14(22)19-15(24)20-16-18-11-4-3-9(21)7-13(11)25-16/h2-7,21H,1H3,(H2,18,19,20,22,24). The van der Waals surface area contributed by atoms with Gasteiger partial charge in [-0.2, -0.15) is 0 Å². The zero-order valence-corrected chi connectivity index (χ0v) is 16.1. The number of thiazole rings is 1. The van der Waals surface area contributed by atoms with E-state index < -0.39 is 0 Å². The van der Waals surface area contributed by atoms with Gasteiger partial charge in [-0.05, 0) is 64.5 Å². The maximum absolute atomic E-state index is 12.3. The zero-order chi connectivity index (χ0) is 18.0. The second kappa shape index (κ2) is 7.34. The van der Waals surface area contributed by atoms with Crippen LogP contribution >= 0.6 is 39.5 Å². The number of thiocarbonyl (C=S) groups is 1. The van der Waals surface area contributed by atoms with Crippen LogP contribution in [-0.4, -0.2) is 28.2 Å². The molecule has 0 atom stereocenters. The van der Waals surface area contributed by atoms with Crippen molar-refractivity contribution in [2.75, 3.05) is 12.4 Å². The van der Waals surface area contributed by atoms with Gasteiger partial charge in [0.15, 0.2) is 10.2 Å².